The highest BCUT2D eigenvalue weighted by atomic mass is 16.4. The van der Waals surface area contributed by atoms with E-state index in [0.717, 1.165) is 30.2 Å². The first-order chi connectivity index (χ1) is 8.61. The van der Waals surface area contributed by atoms with Crippen LogP contribution in [0.5, 0.6) is 0 Å². The fourth-order valence-electron chi connectivity index (χ4n) is 1.91. The molecule has 94 valence electrons. The minimum atomic E-state index is -1.08. The Morgan fingerprint density at radius 3 is 2.78 bits per heavy atom. The summed E-state index contributed by atoms with van der Waals surface area (Å²) in [5.41, 5.74) is 3.08. The maximum atomic E-state index is 10.7. The topological polar surface area (TPSA) is 63.3 Å². The fraction of sp³-hybridized carbons (Fsp3) is 0.286. The largest absolute Gasteiger partial charge is 0.476 e. The second-order valence-electron chi connectivity index (χ2n) is 4.24. The van der Waals surface area contributed by atoms with Crippen molar-refractivity contribution in [2.45, 2.75) is 26.7 Å². The van der Waals surface area contributed by atoms with Crippen molar-refractivity contribution >= 4 is 5.97 Å². The van der Waals surface area contributed by atoms with Crippen molar-refractivity contribution in [1.29, 1.82) is 0 Å². The molecule has 1 aromatic carbocycles. The lowest BCUT2D eigenvalue weighted by molar-refractivity contribution is 0.0690. The summed E-state index contributed by atoms with van der Waals surface area (Å²) in [5.74, 6) is -0.724. The molecule has 18 heavy (non-hydrogen) atoms. The van der Waals surface area contributed by atoms with E-state index in [0.29, 0.717) is 5.89 Å². The van der Waals surface area contributed by atoms with Crippen LogP contribution in [-0.4, -0.2) is 16.1 Å². The molecular formula is C14H15NO3. The maximum Gasteiger partial charge on any atom is 0.357 e. The summed E-state index contributed by atoms with van der Waals surface area (Å²) in [4.78, 5) is 14.7. The number of carboxylic acid groups (broad SMARTS) is 1. The van der Waals surface area contributed by atoms with Crippen molar-refractivity contribution in [2.24, 2.45) is 0 Å². The maximum absolute atomic E-state index is 10.7. The number of aromatic nitrogens is 1. The third kappa shape index (κ3) is 2.42. The minimum absolute atomic E-state index is 0.0676. The molecule has 0 amide bonds. The Morgan fingerprint density at radius 1 is 1.44 bits per heavy atom. The molecule has 0 aliphatic heterocycles. The van der Waals surface area contributed by atoms with Gasteiger partial charge in [0, 0.05) is 5.56 Å². The van der Waals surface area contributed by atoms with Gasteiger partial charge in [0.05, 0.1) is 0 Å². The van der Waals surface area contributed by atoms with Crippen molar-refractivity contribution in [1.82, 2.24) is 4.98 Å². The van der Waals surface area contributed by atoms with Gasteiger partial charge in [0.25, 0.3) is 0 Å². The number of aromatic carboxylic acids is 1. The Morgan fingerprint density at radius 2 is 2.22 bits per heavy atom. The lowest BCUT2D eigenvalue weighted by atomic mass is 10.0. The molecule has 1 N–H and O–H groups in total. The molecule has 0 unspecified atom stereocenters. The third-order valence-corrected chi connectivity index (χ3v) is 2.78. The van der Waals surface area contributed by atoms with E-state index in [-0.39, 0.29) is 5.69 Å². The SMILES string of the molecule is CCCc1ccc(-c2nc(C(=O)O)co2)c(C)c1. The van der Waals surface area contributed by atoms with Crippen molar-refractivity contribution < 1.29 is 14.3 Å². The molecule has 0 aliphatic carbocycles. The monoisotopic (exact) mass is 245 g/mol. The summed E-state index contributed by atoms with van der Waals surface area (Å²) >= 11 is 0. The standard InChI is InChI=1S/C14H15NO3/c1-3-4-10-5-6-11(9(2)7-10)13-15-12(8-18-13)14(16)17/h5-8H,3-4H2,1-2H3,(H,16,17). The first-order valence-corrected chi connectivity index (χ1v) is 5.90. The van der Waals surface area contributed by atoms with Gasteiger partial charge >= 0.3 is 5.97 Å². The van der Waals surface area contributed by atoms with E-state index >= 15 is 0 Å². The molecule has 0 atom stereocenters. The number of nitrogens with zero attached hydrogens (tertiary/aromatic N) is 1. The fourth-order valence-corrected chi connectivity index (χ4v) is 1.91. The molecular weight excluding hydrogens is 230 g/mol. The van der Waals surface area contributed by atoms with Crippen LogP contribution >= 0.6 is 0 Å². The first kappa shape index (κ1) is 12.4. The summed E-state index contributed by atoms with van der Waals surface area (Å²) in [6.07, 6.45) is 3.30. The normalized spacial score (nSPS) is 10.6. The molecule has 2 aromatic rings. The second kappa shape index (κ2) is 5.04. The van der Waals surface area contributed by atoms with Gasteiger partial charge in [-0.3, -0.25) is 0 Å². The number of hydrogen-bond acceptors (Lipinski definition) is 3. The predicted octanol–water partition coefficient (Wildman–Crippen LogP) is 3.30. The van der Waals surface area contributed by atoms with Gasteiger partial charge in [-0.1, -0.05) is 25.5 Å². The molecule has 1 aromatic heterocycles. The van der Waals surface area contributed by atoms with Crippen LogP contribution in [0.2, 0.25) is 0 Å². The van der Waals surface area contributed by atoms with Crippen molar-refractivity contribution in [2.75, 3.05) is 0 Å². The van der Waals surface area contributed by atoms with Crippen LogP contribution in [-0.2, 0) is 6.42 Å². The highest BCUT2D eigenvalue weighted by molar-refractivity contribution is 5.85. The van der Waals surface area contributed by atoms with Gasteiger partial charge in [-0.15, -0.1) is 0 Å². The zero-order chi connectivity index (χ0) is 13.1. The molecule has 0 radical (unpaired) electrons. The number of oxazole rings is 1. The summed E-state index contributed by atoms with van der Waals surface area (Å²) in [5, 5.41) is 8.81. The van der Waals surface area contributed by atoms with Gasteiger partial charge in [0.1, 0.15) is 6.26 Å². The van der Waals surface area contributed by atoms with Crippen LogP contribution < -0.4 is 0 Å². The van der Waals surface area contributed by atoms with Gasteiger partial charge in [-0.2, -0.15) is 0 Å². The third-order valence-electron chi connectivity index (χ3n) is 2.78. The summed E-state index contributed by atoms with van der Waals surface area (Å²) in [6, 6.07) is 6.04. The first-order valence-electron chi connectivity index (χ1n) is 5.90. The van der Waals surface area contributed by atoms with E-state index in [1.165, 1.54) is 5.56 Å². The van der Waals surface area contributed by atoms with Crippen LogP contribution in [0.15, 0.2) is 28.9 Å². The van der Waals surface area contributed by atoms with Crippen LogP contribution in [0.25, 0.3) is 11.5 Å². The number of rotatable bonds is 4. The van der Waals surface area contributed by atoms with E-state index in [1.807, 2.05) is 19.1 Å². The van der Waals surface area contributed by atoms with Crippen LogP contribution in [0, 0.1) is 6.92 Å². The van der Waals surface area contributed by atoms with Crippen LogP contribution in [0.1, 0.15) is 35.0 Å². The zero-order valence-corrected chi connectivity index (χ0v) is 10.4. The average molecular weight is 245 g/mol. The van der Waals surface area contributed by atoms with Gasteiger partial charge in [0.15, 0.2) is 5.69 Å². The quantitative estimate of drug-likeness (QED) is 0.897. The van der Waals surface area contributed by atoms with Gasteiger partial charge < -0.3 is 9.52 Å². The molecule has 0 saturated heterocycles. The Balaban J connectivity index is 2.35. The number of benzene rings is 1. The van der Waals surface area contributed by atoms with Crippen molar-refractivity contribution in [3.8, 4) is 11.5 Å². The van der Waals surface area contributed by atoms with E-state index in [9.17, 15) is 4.79 Å². The summed E-state index contributed by atoms with van der Waals surface area (Å²) in [7, 11) is 0. The molecule has 1 heterocycles. The molecule has 4 heteroatoms. The number of aryl methyl sites for hydroxylation is 2. The summed E-state index contributed by atoms with van der Waals surface area (Å²) in [6.45, 7) is 4.11. The molecule has 4 nitrogen and oxygen atoms in total. The van der Waals surface area contributed by atoms with Crippen LogP contribution in [0.3, 0.4) is 0 Å². The molecule has 0 aliphatic rings. The van der Waals surface area contributed by atoms with E-state index < -0.39 is 5.97 Å². The van der Waals surface area contributed by atoms with Crippen molar-refractivity contribution in [3.63, 3.8) is 0 Å². The van der Waals surface area contributed by atoms with Gasteiger partial charge in [0.2, 0.25) is 5.89 Å². The van der Waals surface area contributed by atoms with E-state index in [1.54, 1.807) is 0 Å². The lowest BCUT2D eigenvalue weighted by Crippen LogP contribution is -1.96. The minimum Gasteiger partial charge on any atom is -0.476 e. The number of carbonyl (C=O) groups is 1. The highest BCUT2D eigenvalue weighted by Gasteiger charge is 2.13. The second-order valence-corrected chi connectivity index (χ2v) is 4.24. The molecule has 0 spiro atoms. The average Bonchev–Trinajstić information content (AvgIpc) is 2.79. The Kier molecular flexibility index (Phi) is 3.46. The Labute approximate surface area is 105 Å². The number of hydrogen-bond donors (Lipinski definition) is 1. The number of carboxylic acids is 1. The van der Waals surface area contributed by atoms with Gasteiger partial charge in [-0.05, 0) is 30.5 Å². The highest BCUT2D eigenvalue weighted by Crippen LogP contribution is 2.24. The Hall–Kier alpha value is -2.10. The van der Waals surface area contributed by atoms with E-state index in [4.69, 9.17) is 9.52 Å². The Bertz CT molecular complexity index is 572. The molecule has 0 fully saturated rings. The molecule has 0 bridgehead atoms. The summed E-state index contributed by atoms with van der Waals surface area (Å²) < 4.78 is 5.20. The van der Waals surface area contributed by atoms with Crippen molar-refractivity contribution in [3.05, 3.63) is 41.3 Å². The van der Waals surface area contributed by atoms with Gasteiger partial charge in [-0.25, -0.2) is 9.78 Å². The predicted molar refractivity (Wildman–Crippen MR) is 67.6 cm³/mol. The smallest absolute Gasteiger partial charge is 0.357 e. The van der Waals surface area contributed by atoms with E-state index in [2.05, 4.69) is 18.0 Å². The molecule has 2 rings (SSSR count). The molecule has 0 saturated carbocycles. The zero-order valence-electron chi connectivity index (χ0n) is 10.4. The lowest BCUT2D eigenvalue weighted by Gasteiger charge is -2.04. The van der Waals surface area contributed by atoms with Crippen LogP contribution in [0.4, 0.5) is 0 Å².